The Balaban J connectivity index is 1.54. The molecule has 0 spiro atoms. The predicted molar refractivity (Wildman–Crippen MR) is 132 cm³/mol. The quantitative estimate of drug-likeness (QED) is 0.387. The fraction of sp³-hybridized carbons (Fsp3) is 0.370. The number of alkyl halides is 1. The molecule has 1 N–H and O–H groups in total. The van der Waals surface area contributed by atoms with Crippen molar-refractivity contribution in [1.29, 1.82) is 0 Å². The molecule has 2 aromatic heterocycles. The van der Waals surface area contributed by atoms with E-state index in [1.807, 2.05) is 43.3 Å². The van der Waals surface area contributed by atoms with Gasteiger partial charge in [-0.25, -0.2) is 9.37 Å². The molecule has 8 heteroatoms. The average molecular weight is 477 g/mol. The van der Waals surface area contributed by atoms with E-state index in [9.17, 15) is 9.18 Å². The van der Waals surface area contributed by atoms with E-state index < -0.39 is 11.6 Å². The lowest BCUT2D eigenvalue weighted by molar-refractivity contribution is 0.117. The SMILES string of the molecule is COCCNCc1cc(C)c2occ(-c3cccc(C4(c5ncn(C)n5)CC(F)C4)c3)c(=O)c2c1. The maximum absolute atomic E-state index is 14.1. The zero-order valence-electron chi connectivity index (χ0n) is 20.2. The highest BCUT2D eigenvalue weighted by Crippen LogP contribution is 2.49. The fourth-order valence-electron chi connectivity index (χ4n) is 4.99. The number of halogens is 1. The Morgan fingerprint density at radius 3 is 2.83 bits per heavy atom. The Bertz CT molecular complexity index is 1420. The topological polar surface area (TPSA) is 82.2 Å². The van der Waals surface area contributed by atoms with Crippen molar-refractivity contribution >= 4 is 11.0 Å². The first-order chi connectivity index (χ1) is 16.9. The minimum atomic E-state index is -0.896. The molecule has 4 aromatic rings. The third-order valence-electron chi connectivity index (χ3n) is 6.82. The van der Waals surface area contributed by atoms with E-state index in [2.05, 4.69) is 15.4 Å². The van der Waals surface area contributed by atoms with Gasteiger partial charge in [0.15, 0.2) is 5.82 Å². The second-order valence-electron chi connectivity index (χ2n) is 9.35. The summed E-state index contributed by atoms with van der Waals surface area (Å²) in [5.41, 5.74) is 3.93. The van der Waals surface area contributed by atoms with E-state index in [4.69, 9.17) is 9.15 Å². The summed E-state index contributed by atoms with van der Waals surface area (Å²) in [6.45, 7) is 3.91. The summed E-state index contributed by atoms with van der Waals surface area (Å²) < 4.78 is 26.8. The Morgan fingerprint density at radius 2 is 2.11 bits per heavy atom. The van der Waals surface area contributed by atoms with Gasteiger partial charge in [0.1, 0.15) is 24.3 Å². The molecular weight excluding hydrogens is 447 g/mol. The molecule has 1 aliphatic rings. The van der Waals surface area contributed by atoms with Gasteiger partial charge < -0.3 is 14.5 Å². The molecule has 0 saturated heterocycles. The molecule has 0 aliphatic heterocycles. The first-order valence-corrected chi connectivity index (χ1v) is 11.8. The van der Waals surface area contributed by atoms with Gasteiger partial charge in [0.2, 0.25) is 5.43 Å². The number of nitrogens with zero attached hydrogens (tertiary/aromatic N) is 3. The number of benzene rings is 2. The molecule has 7 nitrogen and oxygen atoms in total. The molecule has 0 atom stereocenters. The number of methoxy groups -OCH3 is 1. The number of fused-ring (bicyclic) bond motifs is 1. The van der Waals surface area contributed by atoms with Crippen LogP contribution in [0.15, 0.2) is 58.2 Å². The summed E-state index contributed by atoms with van der Waals surface area (Å²) >= 11 is 0. The normalized spacial score (nSPS) is 19.7. The number of hydrogen-bond acceptors (Lipinski definition) is 6. The van der Waals surface area contributed by atoms with Crippen LogP contribution in [0.5, 0.6) is 0 Å². The summed E-state index contributed by atoms with van der Waals surface area (Å²) in [4.78, 5) is 18.0. The van der Waals surface area contributed by atoms with Gasteiger partial charge >= 0.3 is 0 Å². The van der Waals surface area contributed by atoms with E-state index in [1.54, 1.807) is 25.2 Å². The molecule has 5 rings (SSSR count). The minimum absolute atomic E-state index is 0.0905. The van der Waals surface area contributed by atoms with Crippen LogP contribution >= 0.6 is 0 Å². The summed E-state index contributed by atoms with van der Waals surface area (Å²) in [5, 5.41) is 8.34. The van der Waals surface area contributed by atoms with Crippen molar-refractivity contribution in [2.45, 2.75) is 37.9 Å². The van der Waals surface area contributed by atoms with Crippen LogP contribution in [0.4, 0.5) is 4.39 Å². The van der Waals surface area contributed by atoms with Crippen molar-refractivity contribution in [1.82, 2.24) is 20.1 Å². The van der Waals surface area contributed by atoms with Crippen LogP contribution in [0.1, 0.15) is 35.4 Å². The smallest absolute Gasteiger partial charge is 0.200 e. The lowest BCUT2D eigenvalue weighted by atomic mass is 9.62. The Labute approximate surface area is 202 Å². The van der Waals surface area contributed by atoms with Gasteiger partial charge in [-0.05, 0) is 54.2 Å². The molecule has 0 amide bonds. The van der Waals surface area contributed by atoms with Crippen LogP contribution in [0.3, 0.4) is 0 Å². The van der Waals surface area contributed by atoms with Gasteiger partial charge in [-0.15, -0.1) is 0 Å². The van der Waals surface area contributed by atoms with Crippen molar-refractivity contribution in [3.63, 3.8) is 0 Å². The molecule has 2 aromatic carbocycles. The number of nitrogens with one attached hydrogen (secondary N) is 1. The van der Waals surface area contributed by atoms with Gasteiger partial charge in [-0.1, -0.05) is 24.3 Å². The molecule has 0 unspecified atom stereocenters. The van der Waals surface area contributed by atoms with E-state index in [0.29, 0.717) is 48.4 Å². The second-order valence-corrected chi connectivity index (χ2v) is 9.35. The second kappa shape index (κ2) is 9.36. The minimum Gasteiger partial charge on any atom is -0.463 e. The molecular formula is C27H29FN4O3. The van der Waals surface area contributed by atoms with Crippen LogP contribution in [0.25, 0.3) is 22.1 Å². The van der Waals surface area contributed by atoms with Gasteiger partial charge in [-0.2, -0.15) is 5.10 Å². The molecule has 1 aliphatic carbocycles. The highest BCUT2D eigenvalue weighted by Gasteiger charge is 2.50. The molecule has 0 bridgehead atoms. The lowest BCUT2D eigenvalue weighted by Crippen LogP contribution is -2.44. The van der Waals surface area contributed by atoms with Gasteiger partial charge in [-0.3, -0.25) is 9.48 Å². The standard InChI is InChI=1S/C27H29FN4O3/c1-17-9-18(14-29-7-8-34-3)10-22-24(33)23(15-35-25(17)22)19-5-4-6-20(11-19)27(12-21(28)13-27)26-30-16-32(2)31-26/h4-6,9-11,15-16,21,29H,7-8,12-14H2,1-3H3. The molecule has 1 saturated carbocycles. The molecule has 182 valence electrons. The van der Waals surface area contributed by atoms with E-state index in [0.717, 1.165) is 28.8 Å². The largest absolute Gasteiger partial charge is 0.463 e. The van der Waals surface area contributed by atoms with Crippen molar-refractivity contribution in [2.24, 2.45) is 7.05 Å². The van der Waals surface area contributed by atoms with Crippen LogP contribution in [0, 0.1) is 6.92 Å². The molecule has 0 radical (unpaired) electrons. The number of rotatable bonds is 8. The highest BCUT2D eigenvalue weighted by molar-refractivity contribution is 5.84. The summed E-state index contributed by atoms with van der Waals surface area (Å²) in [5.74, 6) is 0.609. The predicted octanol–water partition coefficient (Wildman–Crippen LogP) is 4.05. The number of ether oxygens (including phenoxy) is 1. The highest BCUT2D eigenvalue weighted by atomic mass is 19.1. The zero-order valence-corrected chi connectivity index (χ0v) is 20.2. The zero-order chi connectivity index (χ0) is 24.6. The maximum atomic E-state index is 14.1. The van der Waals surface area contributed by atoms with Crippen LogP contribution < -0.4 is 10.7 Å². The number of aromatic nitrogens is 3. The van der Waals surface area contributed by atoms with Gasteiger partial charge in [0.05, 0.1) is 23.0 Å². The third kappa shape index (κ3) is 4.28. The van der Waals surface area contributed by atoms with Crippen LogP contribution in [0.2, 0.25) is 0 Å². The first-order valence-electron chi connectivity index (χ1n) is 11.8. The van der Waals surface area contributed by atoms with Gasteiger partial charge in [0.25, 0.3) is 0 Å². The molecule has 1 fully saturated rings. The van der Waals surface area contributed by atoms with E-state index in [-0.39, 0.29) is 5.43 Å². The lowest BCUT2D eigenvalue weighted by Gasteiger charge is -2.42. The van der Waals surface area contributed by atoms with E-state index >= 15 is 0 Å². The Kier molecular flexibility index (Phi) is 6.25. The number of hydrogen-bond donors (Lipinski definition) is 1. The first kappa shape index (κ1) is 23.4. The van der Waals surface area contributed by atoms with Crippen LogP contribution in [-0.2, 0) is 23.7 Å². The number of aryl methyl sites for hydroxylation is 2. The average Bonchev–Trinajstić information content (AvgIpc) is 3.27. The van der Waals surface area contributed by atoms with Crippen molar-refractivity contribution in [2.75, 3.05) is 20.3 Å². The monoisotopic (exact) mass is 476 g/mol. The summed E-state index contributed by atoms with van der Waals surface area (Å²) in [7, 11) is 3.47. The summed E-state index contributed by atoms with van der Waals surface area (Å²) in [6.07, 6.45) is 2.91. The van der Waals surface area contributed by atoms with Crippen molar-refractivity contribution in [3.8, 4) is 11.1 Å². The van der Waals surface area contributed by atoms with Crippen LogP contribution in [-0.4, -0.2) is 41.2 Å². The van der Waals surface area contributed by atoms with Crippen molar-refractivity contribution in [3.05, 3.63) is 81.7 Å². The molecule has 2 heterocycles. The maximum Gasteiger partial charge on any atom is 0.200 e. The molecule has 35 heavy (non-hydrogen) atoms. The van der Waals surface area contributed by atoms with Gasteiger partial charge in [0, 0.05) is 27.2 Å². The Hall–Kier alpha value is -3.36. The van der Waals surface area contributed by atoms with E-state index in [1.165, 1.54) is 6.26 Å². The fourth-order valence-corrected chi connectivity index (χ4v) is 4.99. The summed E-state index contributed by atoms with van der Waals surface area (Å²) in [6, 6.07) is 11.6. The Morgan fingerprint density at radius 1 is 1.29 bits per heavy atom. The van der Waals surface area contributed by atoms with Crippen molar-refractivity contribution < 1.29 is 13.5 Å². The third-order valence-corrected chi connectivity index (χ3v) is 6.82.